The second kappa shape index (κ2) is 9.43. The number of sulfonamides is 1. The summed E-state index contributed by atoms with van der Waals surface area (Å²) < 4.78 is 49.8. The monoisotopic (exact) mass is 419 g/mol. The Balaban J connectivity index is 0.00000338. The molecule has 2 rings (SSSR count). The average molecular weight is 420 g/mol. The fourth-order valence-electron chi connectivity index (χ4n) is 2.28. The molecule has 144 valence electrons. The first-order valence-corrected chi connectivity index (χ1v) is 11.0. The molecule has 1 heterocycles. The predicted molar refractivity (Wildman–Crippen MR) is 103 cm³/mol. The number of sulfone groups is 1. The van der Waals surface area contributed by atoms with E-state index in [1.807, 2.05) is 30.3 Å². The van der Waals surface area contributed by atoms with Crippen molar-refractivity contribution in [3.05, 3.63) is 54.2 Å². The SMILES string of the molecule is CS(=O)(=O)c1ccc(S(=O)(=O)N(CCN)CCc2ccccc2)cn1.Cl. The fraction of sp³-hybridized carbons (Fsp3) is 0.312. The van der Waals surface area contributed by atoms with Crippen molar-refractivity contribution < 1.29 is 16.8 Å². The Kier molecular flexibility index (Phi) is 8.16. The number of hydrogen-bond donors (Lipinski definition) is 1. The van der Waals surface area contributed by atoms with Gasteiger partial charge in [0.05, 0.1) is 0 Å². The molecule has 0 fully saturated rings. The van der Waals surface area contributed by atoms with Crippen LogP contribution in [-0.2, 0) is 26.3 Å². The van der Waals surface area contributed by atoms with E-state index in [9.17, 15) is 16.8 Å². The molecule has 10 heteroatoms. The van der Waals surface area contributed by atoms with E-state index in [0.717, 1.165) is 18.0 Å². The van der Waals surface area contributed by atoms with Gasteiger partial charge in [-0.3, -0.25) is 0 Å². The Labute approximate surface area is 160 Å². The summed E-state index contributed by atoms with van der Waals surface area (Å²) >= 11 is 0. The van der Waals surface area contributed by atoms with Gasteiger partial charge in [-0.15, -0.1) is 12.4 Å². The number of aromatic nitrogens is 1. The van der Waals surface area contributed by atoms with Gasteiger partial charge in [0, 0.05) is 32.1 Å². The lowest BCUT2D eigenvalue weighted by Gasteiger charge is -2.21. The van der Waals surface area contributed by atoms with Gasteiger partial charge in [0.1, 0.15) is 4.90 Å². The Morgan fingerprint density at radius 1 is 1.00 bits per heavy atom. The number of halogens is 1. The van der Waals surface area contributed by atoms with Crippen molar-refractivity contribution in [2.24, 2.45) is 5.73 Å². The minimum atomic E-state index is -3.80. The van der Waals surface area contributed by atoms with Crippen LogP contribution in [0.15, 0.2) is 58.6 Å². The van der Waals surface area contributed by atoms with E-state index in [1.165, 1.54) is 16.4 Å². The maximum Gasteiger partial charge on any atom is 0.244 e. The van der Waals surface area contributed by atoms with Crippen LogP contribution >= 0.6 is 12.4 Å². The minimum absolute atomic E-state index is 0. The Morgan fingerprint density at radius 2 is 1.65 bits per heavy atom. The van der Waals surface area contributed by atoms with Crippen molar-refractivity contribution in [3.63, 3.8) is 0 Å². The van der Waals surface area contributed by atoms with Crippen LogP contribution < -0.4 is 5.73 Å². The highest BCUT2D eigenvalue weighted by atomic mass is 35.5. The summed E-state index contributed by atoms with van der Waals surface area (Å²) in [6.45, 7) is 0.628. The van der Waals surface area contributed by atoms with E-state index in [1.54, 1.807) is 0 Å². The van der Waals surface area contributed by atoms with Crippen molar-refractivity contribution in [1.29, 1.82) is 0 Å². The highest BCUT2D eigenvalue weighted by Gasteiger charge is 2.24. The molecule has 0 aliphatic heterocycles. The molecule has 0 saturated carbocycles. The number of rotatable bonds is 8. The summed E-state index contributed by atoms with van der Waals surface area (Å²) in [5.41, 5.74) is 6.57. The number of pyridine rings is 1. The normalized spacial score (nSPS) is 12.0. The molecule has 2 N–H and O–H groups in total. The highest BCUT2D eigenvalue weighted by Crippen LogP contribution is 2.17. The molecule has 0 unspecified atom stereocenters. The van der Waals surface area contributed by atoms with Crippen LogP contribution in [0.5, 0.6) is 0 Å². The third-order valence-electron chi connectivity index (χ3n) is 3.60. The summed E-state index contributed by atoms with van der Waals surface area (Å²) in [4.78, 5) is 3.70. The Morgan fingerprint density at radius 3 is 2.15 bits per heavy atom. The second-order valence-electron chi connectivity index (χ2n) is 5.53. The highest BCUT2D eigenvalue weighted by molar-refractivity contribution is 7.90. The summed E-state index contributed by atoms with van der Waals surface area (Å²) in [7, 11) is -7.28. The quantitative estimate of drug-likeness (QED) is 0.685. The van der Waals surface area contributed by atoms with Gasteiger partial charge in [0.2, 0.25) is 10.0 Å². The van der Waals surface area contributed by atoms with Gasteiger partial charge in [-0.1, -0.05) is 30.3 Å². The van der Waals surface area contributed by atoms with E-state index in [-0.39, 0.29) is 42.0 Å². The molecular weight excluding hydrogens is 398 g/mol. The van der Waals surface area contributed by atoms with Gasteiger partial charge in [0.25, 0.3) is 0 Å². The van der Waals surface area contributed by atoms with Gasteiger partial charge in [0.15, 0.2) is 14.9 Å². The molecule has 0 amide bonds. The molecule has 0 aliphatic rings. The lowest BCUT2D eigenvalue weighted by Crippen LogP contribution is -2.37. The van der Waals surface area contributed by atoms with Gasteiger partial charge in [-0.25, -0.2) is 21.8 Å². The molecule has 0 spiro atoms. The fourth-order valence-corrected chi connectivity index (χ4v) is 4.24. The third-order valence-corrected chi connectivity index (χ3v) is 6.48. The van der Waals surface area contributed by atoms with E-state index < -0.39 is 19.9 Å². The Hall–Kier alpha value is -1.52. The summed E-state index contributed by atoms with van der Waals surface area (Å²) in [5.74, 6) is 0. The summed E-state index contributed by atoms with van der Waals surface area (Å²) in [6.07, 6.45) is 2.64. The zero-order valence-electron chi connectivity index (χ0n) is 14.3. The molecule has 0 saturated heterocycles. The number of benzene rings is 1. The lowest BCUT2D eigenvalue weighted by molar-refractivity contribution is 0.421. The maximum atomic E-state index is 12.8. The number of nitrogens with two attached hydrogens (primary N) is 1. The molecule has 0 bridgehead atoms. The molecule has 1 aromatic carbocycles. The van der Waals surface area contributed by atoms with E-state index >= 15 is 0 Å². The molecular formula is C16H22ClN3O4S2. The topological polar surface area (TPSA) is 110 Å². The summed E-state index contributed by atoms with van der Waals surface area (Å²) in [5, 5.41) is -0.166. The van der Waals surface area contributed by atoms with Crippen molar-refractivity contribution in [1.82, 2.24) is 9.29 Å². The van der Waals surface area contributed by atoms with Crippen LogP contribution in [0.3, 0.4) is 0 Å². The first-order valence-electron chi connectivity index (χ1n) is 7.65. The van der Waals surface area contributed by atoms with Crippen LogP contribution in [0, 0.1) is 0 Å². The number of hydrogen-bond acceptors (Lipinski definition) is 6. The zero-order valence-corrected chi connectivity index (χ0v) is 16.7. The molecule has 1 aromatic heterocycles. The molecule has 2 aromatic rings. The van der Waals surface area contributed by atoms with Gasteiger partial charge >= 0.3 is 0 Å². The smallest absolute Gasteiger partial charge is 0.244 e. The van der Waals surface area contributed by atoms with Crippen molar-refractivity contribution >= 4 is 32.3 Å². The molecule has 26 heavy (non-hydrogen) atoms. The molecule has 0 radical (unpaired) electrons. The summed E-state index contributed by atoms with van der Waals surface area (Å²) in [6, 6.07) is 12.0. The minimum Gasteiger partial charge on any atom is -0.329 e. The second-order valence-corrected chi connectivity index (χ2v) is 9.43. The largest absolute Gasteiger partial charge is 0.329 e. The van der Waals surface area contributed by atoms with Crippen LogP contribution in [0.4, 0.5) is 0 Å². The van der Waals surface area contributed by atoms with Gasteiger partial charge in [-0.05, 0) is 24.1 Å². The molecule has 0 aliphatic carbocycles. The predicted octanol–water partition coefficient (Wildman–Crippen LogP) is 1.10. The van der Waals surface area contributed by atoms with Gasteiger partial charge < -0.3 is 5.73 Å². The van der Waals surface area contributed by atoms with Crippen LogP contribution in [0.25, 0.3) is 0 Å². The average Bonchev–Trinajstić information content (AvgIpc) is 2.58. The Bertz CT molecular complexity index is 902. The van der Waals surface area contributed by atoms with E-state index in [0.29, 0.717) is 6.42 Å². The molecule has 7 nitrogen and oxygen atoms in total. The van der Waals surface area contributed by atoms with Crippen molar-refractivity contribution in [2.45, 2.75) is 16.3 Å². The van der Waals surface area contributed by atoms with E-state index in [4.69, 9.17) is 5.73 Å². The molecule has 0 atom stereocenters. The van der Waals surface area contributed by atoms with Crippen LogP contribution in [0.2, 0.25) is 0 Å². The lowest BCUT2D eigenvalue weighted by atomic mass is 10.1. The van der Waals surface area contributed by atoms with E-state index in [2.05, 4.69) is 4.98 Å². The van der Waals surface area contributed by atoms with Crippen molar-refractivity contribution in [3.8, 4) is 0 Å². The zero-order chi connectivity index (χ0) is 18.5. The number of nitrogens with zero attached hydrogens (tertiary/aromatic N) is 2. The first-order chi connectivity index (χ1) is 11.7. The third kappa shape index (κ3) is 5.75. The maximum absolute atomic E-state index is 12.8. The van der Waals surface area contributed by atoms with Crippen molar-refractivity contribution in [2.75, 3.05) is 25.9 Å². The van der Waals surface area contributed by atoms with Crippen LogP contribution in [0.1, 0.15) is 5.56 Å². The standard InChI is InChI=1S/C16H21N3O4S2.ClH/c1-24(20,21)16-8-7-15(13-18-16)25(22,23)19(12-10-17)11-9-14-5-3-2-4-6-14;/h2-8,13H,9-12,17H2,1H3;1H. The van der Waals surface area contributed by atoms with Crippen LogP contribution in [-0.4, -0.2) is 52.0 Å². The first kappa shape index (κ1) is 22.5. The van der Waals surface area contributed by atoms with Gasteiger partial charge in [-0.2, -0.15) is 4.31 Å².